The molecule has 0 nitrogen and oxygen atoms in total. The second-order valence-corrected chi connectivity index (χ2v) is 1.36. The van der Waals surface area contributed by atoms with E-state index in [4.69, 9.17) is 0 Å². The van der Waals surface area contributed by atoms with Crippen LogP contribution in [0, 0.1) is 0 Å². The Hall–Kier alpha value is 0.195. The molecule has 0 amide bonds. The molecule has 0 aromatic rings. The molecule has 3 heteroatoms. The third kappa shape index (κ3) is 4.19. The summed E-state index contributed by atoms with van der Waals surface area (Å²) in [5.41, 5.74) is 0. The number of rotatable bonds is 2. The molecule has 0 radical (unpaired) electrons. The first-order chi connectivity index (χ1) is 2.91. The summed E-state index contributed by atoms with van der Waals surface area (Å²) < 4.78 is 0. The van der Waals surface area contributed by atoms with Gasteiger partial charge in [0, 0.05) is 0 Å². The molecular formula is C3H9B3. The Bertz CT molecular complexity index is 41.3. The van der Waals surface area contributed by atoms with Crippen molar-refractivity contribution in [3.8, 4) is 0 Å². The van der Waals surface area contributed by atoms with Gasteiger partial charge in [0.05, 0.1) is 0 Å². The standard InChI is InChI=1S/C3H9B3/c1-2-3-5-6-4/h2-4H2,1H3. The summed E-state index contributed by atoms with van der Waals surface area (Å²) >= 11 is 0. The topological polar surface area (TPSA) is 0 Å². The van der Waals surface area contributed by atoms with Crippen LogP contribution in [0.1, 0.15) is 13.3 Å². The molecule has 0 aliphatic rings. The predicted molar refractivity (Wildman–Crippen MR) is 35.1 cm³/mol. The quantitative estimate of drug-likeness (QED) is 0.397. The average molecular weight is 77.5 g/mol. The second kappa shape index (κ2) is 5.19. The van der Waals surface area contributed by atoms with E-state index in [0.717, 1.165) is 0 Å². The van der Waals surface area contributed by atoms with Crippen molar-refractivity contribution in [1.29, 1.82) is 0 Å². The molecular weight excluding hydrogens is 68.5 g/mol. The Morgan fingerprint density at radius 2 is 2.33 bits per heavy atom. The molecule has 0 spiro atoms. The Balaban J connectivity index is 2.66. The Morgan fingerprint density at radius 3 is 2.50 bits per heavy atom. The second-order valence-electron chi connectivity index (χ2n) is 1.36. The first kappa shape index (κ1) is 6.19. The minimum atomic E-state index is 1.23. The van der Waals surface area contributed by atoms with Crippen LogP contribution in [0.25, 0.3) is 0 Å². The molecule has 0 rings (SSSR count). The van der Waals surface area contributed by atoms with Crippen molar-refractivity contribution in [3.05, 3.63) is 0 Å². The molecule has 0 aromatic carbocycles. The Labute approximate surface area is 41.8 Å². The average Bonchev–Trinajstić information content (AvgIpc) is 1.61. The SMILES string of the molecule is BB=BCCC. The fourth-order valence-corrected chi connectivity index (χ4v) is 0.333. The maximum atomic E-state index is 2.18. The van der Waals surface area contributed by atoms with Crippen LogP contribution in [0.4, 0.5) is 0 Å². The molecule has 0 heterocycles. The van der Waals surface area contributed by atoms with E-state index < -0.39 is 0 Å². The molecule has 0 aliphatic carbocycles. The van der Waals surface area contributed by atoms with Crippen LogP contribution >= 0.6 is 0 Å². The molecule has 0 unspecified atom stereocenters. The van der Waals surface area contributed by atoms with Gasteiger partial charge in [-0.3, -0.25) is 0 Å². The van der Waals surface area contributed by atoms with E-state index in [1.54, 1.807) is 0 Å². The van der Waals surface area contributed by atoms with Crippen molar-refractivity contribution in [3.63, 3.8) is 0 Å². The predicted octanol–water partition coefficient (Wildman–Crippen LogP) is -0.314. The molecule has 0 fully saturated rings. The van der Waals surface area contributed by atoms with E-state index in [2.05, 4.69) is 28.2 Å². The summed E-state index contributed by atoms with van der Waals surface area (Å²) in [6.45, 7) is 6.45. The summed E-state index contributed by atoms with van der Waals surface area (Å²) in [5.74, 6) is 0. The van der Waals surface area contributed by atoms with Gasteiger partial charge in [-0.1, -0.05) is 0 Å². The van der Waals surface area contributed by atoms with Gasteiger partial charge in [0.2, 0.25) is 0 Å². The van der Waals surface area contributed by atoms with Crippen molar-refractivity contribution < 1.29 is 0 Å². The molecule has 0 atom stereocenters. The molecule has 30 valence electrons. The minimum absolute atomic E-state index is 1.23. The van der Waals surface area contributed by atoms with Crippen LogP contribution in [0.15, 0.2) is 0 Å². The summed E-state index contributed by atoms with van der Waals surface area (Å²) in [4.78, 5) is 0. The van der Waals surface area contributed by atoms with Gasteiger partial charge in [0.25, 0.3) is 0 Å². The van der Waals surface area contributed by atoms with Crippen LogP contribution in [-0.2, 0) is 0 Å². The molecule has 0 saturated heterocycles. The van der Waals surface area contributed by atoms with E-state index in [0.29, 0.717) is 0 Å². The molecule has 0 aromatic heterocycles. The van der Waals surface area contributed by atoms with Gasteiger partial charge < -0.3 is 0 Å². The van der Waals surface area contributed by atoms with Crippen molar-refractivity contribution in [2.24, 2.45) is 0 Å². The van der Waals surface area contributed by atoms with E-state index in [1.165, 1.54) is 12.7 Å². The normalized spacial score (nSPS) is 7.50. The van der Waals surface area contributed by atoms with Crippen molar-refractivity contribution in [2.45, 2.75) is 19.7 Å². The zero-order valence-corrected chi connectivity index (χ0v) is 4.57. The van der Waals surface area contributed by atoms with E-state index in [9.17, 15) is 0 Å². The van der Waals surface area contributed by atoms with Gasteiger partial charge in [-0.2, -0.15) is 0 Å². The fraction of sp³-hybridized carbons (Fsp3) is 1.00. The number of hydrogen-bond donors (Lipinski definition) is 0. The summed E-state index contributed by atoms with van der Waals surface area (Å²) in [7, 11) is 2.05. The molecule has 0 N–H and O–H groups in total. The van der Waals surface area contributed by atoms with Crippen molar-refractivity contribution >= 4 is 21.2 Å². The van der Waals surface area contributed by atoms with Crippen LogP contribution in [0.3, 0.4) is 0 Å². The number of hydrogen-bond acceptors (Lipinski definition) is 0. The summed E-state index contributed by atoms with van der Waals surface area (Å²) in [5, 5.41) is 0. The van der Waals surface area contributed by atoms with Crippen LogP contribution in [0.2, 0.25) is 6.32 Å². The summed E-state index contributed by atoms with van der Waals surface area (Å²) in [6, 6.07) is 0. The molecule has 0 saturated carbocycles. The Morgan fingerprint density at radius 1 is 1.67 bits per heavy atom. The van der Waals surface area contributed by atoms with Crippen LogP contribution in [0.5, 0.6) is 0 Å². The van der Waals surface area contributed by atoms with Gasteiger partial charge in [-0.05, 0) is 0 Å². The molecule has 0 bridgehead atoms. The van der Waals surface area contributed by atoms with Gasteiger partial charge in [0.15, 0.2) is 0 Å². The van der Waals surface area contributed by atoms with E-state index >= 15 is 0 Å². The molecule has 0 aliphatic heterocycles. The van der Waals surface area contributed by atoms with Gasteiger partial charge in [-0.15, -0.1) is 0 Å². The van der Waals surface area contributed by atoms with E-state index in [-0.39, 0.29) is 0 Å². The van der Waals surface area contributed by atoms with Crippen LogP contribution in [-0.4, -0.2) is 21.2 Å². The van der Waals surface area contributed by atoms with Crippen molar-refractivity contribution in [1.82, 2.24) is 0 Å². The first-order valence-electron chi connectivity index (χ1n) is 2.53. The monoisotopic (exact) mass is 78.1 g/mol. The zero-order chi connectivity index (χ0) is 4.83. The third-order valence-corrected chi connectivity index (χ3v) is 0.691. The fourth-order valence-electron chi connectivity index (χ4n) is 0.333. The first-order valence-corrected chi connectivity index (χ1v) is 2.53. The summed E-state index contributed by atoms with van der Waals surface area (Å²) in [6.07, 6.45) is 2.50. The Kier molecular flexibility index (Phi) is 5.36. The van der Waals surface area contributed by atoms with Crippen molar-refractivity contribution in [2.75, 3.05) is 0 Å². The third-order valence-electron chi connectivity index (χ3n) is 0.691. The van der Waals surface area contributed by atoms with Gasteiger partial charge in [-0.25, -0.2) is 0 Å². The zero-order valence-electron chi connectivity index (χ0n) is 4.57. The van der Waals surface area contributed by atoms with E-state index in [1.807, 2.05) is 0 Å². The van der Waals surface area contributed by atoms with Gasteiger partial charge in [0.1, 0.15) is 0 Å². The molecule has 6 heavy (non-hydrogen) atoms. The maximum absolute atomic E-state index is 2.18. The van der Waals surface area contributed by atoms with Crippen LogP contribution < -0.4 is 0 Å². The van der Waals surface area contributed by atoms with Gasteiger partial charge >= 0.3 is 40.9 Å².